The summed E-state index contributed by atoms with van der Waals surface area (Å²) in [6, 6.07) is 7.94. The minimum Gasteiger partial charge on any atom is -0.294 e. The van der Waals surface area contributed by atoms with E-state index < -0.39 is 0 Å². The largest absolute Gasteiger partial charge is 0.294 e. The molecule has 0 radical (unpaired) electrons. The highest BCUT2D eigenvalue weighted by atomic mass is 32.1. The van der Waals surface area contributed by atoms with Gasteiger partial charge >= 0.3 is 0 Å². The molecule has 4 nitrogen and oxygen atoms in total. The Morgan fingerprint density at radius 2 is 2.22 bits per heavy atom. The summed E-state index contributed by atoms with van der Waals surface area (Å²) in [7, 11) is 1.79. The Kier molecular flexibility index (Phi) is 2.68. The summed E-state index contributed by atoms with van der Waals surface area (Å²) in [5.41, 5.74) is 0.776. The number of rotatable bonds is 3. The molecule has 0 aliphatic carbocycles. The summed E-state index contributed by atoms with van der Waals surface area (Å²) >= 11 is 1.60. The van der Waals surface area contributed by atoms with Gasteiger partial charge in [-0.15, -0.1) is 11.3 Å². The first-order valence-electron chi connectivity index (χ1n) is 5.58. The Hall–Kier alpha value is -2.01. The monoisotopic (exact) mass is 257 g/mol. The topological polar surface area (TPSA) is 47.8 Å². The molecule has 18 heavy (non-hydrogen) atoms. The lowest BCUT2D eigenvalue weighted by molar-refractivity contribution is 0.0991. The molecular weight excluding hydrogens is 246 g/mol. The summed E-state index contributed by atoms with van der Waals surface area (Å²) < 4.78 is 2.77. The number of ketones is 1. The van der Waals surface area contributed by atoms with Crippen LogP contribution in [0, 0.1) is 0 Å². The van der Waals surface area contributed by atoms with E-state index >= 15 is 0 Å². The van der Waals surface area contributed by atoms with E-state index in [-0.39, 0.29) is 12.2 Å². The maximum Gasteiger partial charge on any atom is 0.171 e. The molecule has 0 unspecified atom stereocenters. The van der Waals surface area contributed by atoms with E-state index in [0.29, 0.717) is 5.82 Å². The highest BCUT2D eigenvalue weighted by Gasteiger charge is 2.14. The van der Waals surface area contributed by atoms with Crippen LogP contribution in [0.4, 0.5) is 0 Å². The fourth-order valence-corrected chi connectivity index (χ4v) is 2.88. The average Bonchev–Trinajstić information content (AvgIpc) is 2.96. The minimum absolute atomic E-state index is 0.0866. The number of hydrogen-bond donors (Lipinski definition) is 0. The van der Waals surface area contributed by atoms with E-state index in [0.717, 1.165) is 15.6 Å². The van der Waals surface area contributed by atoms with Crippen molar-refractivity contribution in [3.63, 3.8) is 0 Å². The lowest BCUT2D eigenvalue weighted by atomic mass is 10.1. The van der Waals surface area contributed by atoms with Gasteiger partial charge in [-0.3, -0.25) is 9.48 Å². The first kappa shape index (κ1) is 11.1. The molecule has 0 aliphatic rings. The highest BCUT2D eigenvalue weighted by Crippen LogP contribution is 2.26. The second-order valence-electron chi connectivity index (χ2n) is 4.05. The Bertz CT molecular complexity index is 714. The highest BCUT2D eigenvalue weighted by molar-refractivity contribution is 7.17. The van der Waals surface area contributed by atoms with Crippen molar-refractivity contribution >= 4 is 27.2 Å². The van der Waals surface area contributed by atoms with Crippen molar-refractivity contribution in [1.82, 2.24) is 14.8 Å². The Labute approximate surface area is 108 Å². The number of aryl methyl sites for hydroxylation is 1. The Morgan fingerprint density at radius 3 is 3.00 bits per heavy atom. The van der Waals surface area contributed by atoms with E-state index in [1.165, 1.54) is 6.33 Å². The number of carbonyl (C=O) groups excluding carboxylic acids is 1. The third kappa shape index (κ3) is 1.82. The van der Waals surface area contributed by atoms with Gasteiger partial charge in [-0.1, -0.05) is 18.2 Å². The summed E-state index contributed by atoms with van der Waals surface area (Å²) in [6.07, 6.45) is 1.76. The van der Waals surface area contributed by atoms with E-state index in [1.54, 1.807) is 23.1 Å². The lowest BCUT2D eigenvalue weighted by Crippen LogP contribution is -2.08. The van der Waals surface area contributed by atoms with Crippen LogP contribution in [0.3, 0.4) is 0 Å². The predicted molar refractivity (Wildman–Crippen MR) is 70.9 cm³/mol. The van der Waals surface area contributed by atoms with Crippen molar-refractivity contribution < 1.29 is 4.79 Å². The van der Waals surface area contributed by atoms with Crippen LogP contribution < -0.4 is 0 Å². The summed E-state index contributed by atoms with van der Waals surface area (Å²) in [6.45, 7) is 0. The molecule has 5 heteroatoms. The molecule has 0 atom stereocenters. The third-order valence-electron chi connectivity index (χ3n) is 2.91. The van der Waals surface area contributed by atoms with Crippen molar-refractivity contribution in [3.05, 3.63) is 47.4 Å². The molecule has 0 saturated heterocycles. The maximum absolute atomic E-state index is 12.3. The van der Waals surface area contributed by atoms with Crippen LogP contribution in [0.15, 0.2) is 36.0 Å². The van der Waals surface area contributed by atoms with Gasteiger partial charge in [0.1, 0.15) is 12.2 Å². The molecule has 0 bridgehead atoms. The predicted octanol–water partition coefficient (Wildman–Crippen LogP) is 2.46. The van der Waals surface area contributed by atoms with Crippen LogP contribution in [-0.2, 0) is 13.5 Å². The molecular formula is C13H11N3OS. The second kappa shape index (κ2) is 4.34. The SMILES string of the molecule is Cn1ncnc1CC(=O)c1csc2ccccc12. The number of aromatic nitrogens is 3. The van der Waals surface area contributed by atoms with Gasteiger partial charge < -0.3 is 0 Å². The number of benzene rings is 1. The summed E-state index contributed by atoms with van der Waals surface area (Å²) in [5.74, 6) is 0.777. The smallest absolute Gasteiger partial charge is 0.171 e. The number of fused-ring (bicyclic) bond motifs is 1. The molecule has 1 aromatic carbocycles. The molecule has 0 amide bonds. The molecule has 2 heterocycles. The zero-order valence-corrected chi connectivity index (χ0v) is 10.6. The average molecular weight is 257 g/mol. The van der Waals surface area contributed by atoms with Gasteiger partial charge in [-0.05, 0) is 6.07 Å². The van der Waals surface area contributed by atoms with Gasteiger partial charge in [0.25, 0.3) is 0 Å². The van der Waals surface area contributed by atoms with Crippen molar-refractivity contribution in [2.75, 3.05) is 0 Å². The van der Waals surface area contributed by atoms with Crippen molar-refractivity contribution in [2.45, 2.75) is 6.42 Å². The molecule has 0 spiro atoms. The fraction of sp³-hybridized carbons (Fsp3) is 0.154. The van der Waals surface area contributed by atoms with E-state index in [2.05, 4.69) is 10.1 Å². The standard InChI is InChI=1S/C13H11N3OS/c1-16-13(14-8-15-16)6-11(17)10-7-18-12-5-3-2-4-9(10)12/h2-5,7-8H,6H2,1H3. The molecule has 0 N–H and O–H groups in total. The van der Waals surface area contributed by atoms with Crippen LogP contribution in [0.5, 0.6) is 0 Å². The summed E-state index contributed by atoms with van der Waals surface area (Å²) in [4.78, 5) is 16.3. The van der Waals surface area contributed by atoms with Crippen LogP contribution >= 0.6 is 11.3 Å². The molecule has 0 fully saturated rings. The van der Waals surface area contributed by atoms with Gasteiger partial charge in [0.2, 0.25) is 0 Å². The third-order valence-corrected chi connectivity index (χ3v) is 3.87. The van der Waals surface area contributed by atoms with Gasteiger partial charge in [-0.25, -0.2) is 4.98 Å². The first-order chi connectivity index (χ1) is 8.75. The molecule has 90 valence electrons. The van der Waals surface area contributed by atoms with Crippen molar-refractivity contribution in [1.29, 1.82) is 0 Å². The minimum atomic E-state index is 0.0866. The number of Topliss-reactive ketones (excluding diaryl/α,β-unsaturated/α-hetero) is 1. The molecule has 0 aliphatic heterocycles. The first-order valence-corrected chi connectivity index (χ1v) is 6.46. The molecule has 2 aromatic heterocycles. The fourth-order valence-electron chi connectivity index (χ4n) is 1.91. The van der Waals surface area contributed by atoms with Gasteiger partial charge in [0.05, 0.1) is 6.42 Å². The molecule has 0 saturated carbocycles. The second-order valence-corrected chi connectivity index (χ2v) is 4.96. The lowest BCUT2D eigenvalue weighted by Gasteiger charge is -1.99. The summed E-state index contributed by atoms with van der Waals surface area (Å²) in [5, 5.41) is 6.91. The van der Waals surface area contributed by atoms with Crippen molar-refractivity contribution in [2.24, 2.45) is 7.05 Å². The van der Waals surface area contributed by atoms with Crippen LogP contribution in [0.1, 0.15) is 16.2 Å². The number of carbonyl (C=O) groups is 1. The number of thiophene rings is 1. The zero-order chi connectivity index (χ0) is 12.5. The molecule has 3 aromatic rings. The van der Waals surface area contributed by atoms with Crippen LogP contribution in [0.2, 0.25) is 0 Å². The maximum atomic E-state index is 12.3. The van der Waals surface area contributed by atoms with Gasteiger partial charge in [0.15, 0.2) is 5.78 Å². The Balaban J connectivity index is 1.95. The quantitative estimate of drug-likeness (QED) is 0.677. The van der Waals surface area contributed by atoms with Gasteiger partial charge in [-0.2, -0.15) is 5.10 Å². The number of hydrogen-bond acceptors (Lipinski definition) is 4. The Morgan fingerprint density at radius 1 is 1.39 bits per heavy atom. The van der Waals surface area contributed by atoms with E-state index in [9.17, 15) is 4.79 Å². The molecule has 3 rings (SSSR count). The van der Waals surface area contributed by atoms with Crippen LogP contribution in [-0.4, -0.2) is 20.5 Å². The normalized spacial score (nSPS) is 10.9. The van der Waals surface area contributed by atoms with Crippen molar-refractivity contribution in [3.8, 4) is 0 Å². The zero-order valence-electron chi connectivity index (χ0n) is 9.83. The number of nitrogens with zero attached hydrogens (tertiary/aromatic N) is 3. The van der Waals surface area contributed by atoms with Crippen LogP contribution in [0.25, 0.3) is 10.1 Å². The van der Waals surface area contributed by atoms with E-state index in [1.807, 2.05) is 29.6 Å². The van der Waals surface area contributed by atoms with Gasteiger partial charge in [0, 0.05) is 28.1 Å². The van der Waals surface area contributed by atoms with E-state index in [4.69, 9.17) is 0 Å².